The zero-order valence-electron chi connectivity index (χ0n) is 15.6. The van der Waals surface area contributed by atoms with Gasteiger partial charge in [-0.3, -0.25) is 0 Å². The zero-order chi connectivity index (χ0) is 18.9. The van der Waals surface area contributed by atoms with E-state index in [1.54, 1.807) is 12.3 Å². The van der Waals surface area contributed by atoms with Gasteiger partial charge in [0, 0.05) is 26.4 Å². The van der Waals surface area contributed by atoms with Crippen LogP contribution in [0.25, 0.3) is 0 Å². The van der Waals surface area contributed by atoms with Crippen molar-refractivity contribution in [2.45, 2.75) is 40.3 Å². The molecule has 0 aliphatic heterocycles. The van der Waals surface area contributed by atoms with Crippen molar-refractivity contribution in [1.82, 2.24) is 4.90 Å². The maximum Gasteiger partial charge on any atom is 0.174 e. The third-order valence-corrected chi connectivity index (χ3v) is 2.98. The van der Waals surface area contributed by atoms with Crippen molar-refractivity contribution in [2.24, 2.45) is 0 Å². The van der Waals surface area contributed by atoms with E-state index >= 15 is 0 Å². The van der Waals surface area contributed by atoms with Crippen LogP contribution in [0.2, 0.25) is 0 Å². The minimum atomic E-state index is -0.390. The first-order chi connectivity index (χ1) is 12.1. The molecule has 140 valence electrons. The molecule has 7 nitrogen and oxygen atoms in total. The van der Waals surface area contributed by atoms with Gasteiger partial charge >= 0.3 is 0 Å². The van der Waals surface area contributed by atoms with Gasteiger partial charge in [0.15, 0.2) is 12.6 Å². The van der Waals surface area contributed by atoms with Gasteiger partial charge < -0.3 is 23.8 Å². The fourth-order valence-electron chi connectivity index (χ4n) is 1.99. The standard InChI is InChI=1S/C18H29N3O4/c1-5-22-17(23-6-2)14-21(11-9-10-16(12-19)13-20)15-18(24-7-3)25-8-4/h9-11,17-18H,5-8,14-15H2,1-4H3/b11-9+. The molecule has 0 aromatic carbocycles. The number of nitrogens with zero attached hydrogens (tertiary/aromatic N) is 3. The summed E-state index contributed by atoms with van der Waals surface area (Å²) in [6, 6.07) is 3.64. The van der Waals surface area contributed by atoms with Crippen LogP contribution in [0.1, 0.15) is 27.7 Å². The molecule has 0 unspecified atom stereocenters. The molecule has 0 radical (unpaired) electrons. The Bertz CT molecular complexity index is 434. The Morgan fingerprint density at radius 1 is 0.840 bits per heavy atom. The summed E-state index contributed by atoms with van der Waals surface area (Å²) >= 11 is 0. The normalized spacial score (nSPS) is 10.9. The number of hydrogen-bond donors (Lipinski definition) is 0. The molecule has 0 saturated carbocycles. The SMILES string of the molecule is CCOC(CN(/C=C/C=C(C#N)C#N)CC(OCC)OCC)OCC. The number of allylic oxidation sites excluding steroid dienone is 3. The molecular weight excluding hydrogens is 322 g/mol. The summed E-state index contributed by atoms with van der Waals surface area (Å²) < 4.78 is 22.3. The Morgan fingerprint density at radius 3 is 1.56 bits per heavy atom. The van der Waals surface area contributed by atoms with Gasteiger partial charge in [-0.05, 0) is 46.0 Å². The fourth-order valence-corrected chi connectivity index (χ4v) is 1.99. The van der Waals surface area contributed by atoms with E-state index in [0.29, 0.717) is 39.5 Å². The van der Waals surface area contributed by atoms with Crippen LogP contribution in [0.4, 0.5) is 0 Å². The van der Waals surface area contributed by atoms with Gasteiger partial charge in [-0.1, -0.05) is 0 Å². The van der Waals surface area contributed by atoms with Crippen molar-refractivity contribution in [3.8, 4) is 12.1 Å². The molecule has 0 aliphatic carbocycles. The lowest BCUT2D eigenvalue weighted by molar-refractivity contribution is -0.165. The topological polar surface area (TPSA) is 87.7 Å². The molecule has 0 heterocycles. The first kappa shape index (κ1) is 23.1. The van der Waals surface area contributed by atoms with E-state index < -0.39 is 0 Å². The average molecular weight is 351 g/mol. The largest absolute Gasteiger partial charge is 0.367 e. The Labute approximate surface area is 151 Å². The number of ether oxygens (including phenoxy) is 4. The maximum absolute atomic E-state index is 8.79. The third-order valence-electron chi connectivity index (χ3n) is 2.98. The second-order valence-corrected chi connectivity index (χ2v) is 4.78. The van der Waals surface area contributed by atoms with E-state index in [1.807, 2.05) is 44.7 Å². The molecule has 0 N–H and O–H groups in total. The minimum Gasteiger partial charge on any atom is -0.367 e. The minimum absolute atomic E-state index is 0.0357. The van der Waals surface area contributed by atoms with Gasteiger partial charge in [-0.15, -0.1) is 0 Å². The first-order valence-corrected chi connectivity index (χ1v) is 8.54. The van der Waals surface area contributed by atoms with E-state index in [-0.39, 0.29) is 18.2 Å². The van der Waals surface area contributed by atoms with Crippen molar-refractivity contribution in [3.05, 3.63) is 23.9 Å². The van der Waals surface area contributed by atoms with Crippen LogP contribution in [-0.4, -0.2) is 57.0 Å². The van der Waals surface area contributed by atoms with Gasteiger partial charge in [-0.2, -0.15) is 10.5 Å². The van der Waals surface area contributed by atoms with Crippen LogP contribution in [0.3, 0.4) is 0 Å². The molecule has 0 aliphatic rings. The highest BCUT2D eigenvalue weighted by Crippen LogP contribution is 2.06. The maximum atomic E-state index is 8.79. The number of nitriles is 2. The number of rotatable bonds is 14. The predicted octanol–water partition coefficient (Wildman–Crippen LogP) is 2.57. The van der Waals surface area contributed by atoms with E-state index in [1.165, 1.54) is 6.08 Å². The van der Waals surface area contributed by atoms with Crippen LogP contribution >= 0.6 is 0 Å². The molecule has 0 saturated heterocycles. The second kappa shape index (κ2) is 15.6. The lowest BCUT2D eigenvalue weighted by Gasteiger charge is -2.29. The highest BCUT2D eigenvalue weighted by molar-refractivity contribution is 5.37. The van der Waals surface area contributed by atoms with Crippen LogP contribution in [-0.2, 0) is 18.9 Å². The lowest BCUT2D eigenvalue weighted by Crippen LogP contribution is -2.38. The van der Waals surface area contributed by atoms with E-state index in [0.717, 1.165) is 0 Å². The Morgan fingerprint density at radius 2 is 1.24 bits per heavy atom. The summed E-state index contributed by atoms with van der Waals surface area (Å²) in [7, 11) is 0. The van der Waals surface area contributed by atoms with Crippen molar-refractivity contribution in [3.63, 3.8) is 0 Å². The van der Waals surface area contributed by atoms with Crippen LogP contribution in [0.5, 0.6) is 0 Å². The highest BCUT2D eigenvalue weighted by Gasteiger charge is 2.17. The van der Waals surface area contributed by atoms with Crippen molar-refractivity contribution in [2.75, 3.05) is 39.5 Å². The van der Waals surface area contributed by atoms with Crippen LogP contribution in [0, 0.1) is 22.7 Å². The Hall–Kier alpha value is -1.90. The zero-order valence-corrected chi connectivity index (χ0v) is 15.6. The second-order valence-electron chi connectivity index (χ2n) is 4.78. The van der Waals surface area contributed by atoms with E-state index in [9.17, 15) is 0 Å². The summed E-state index contributed by atoms with van der Waals surface area (Å²) in [5.74, 6) is 0. The highest BCUT2D eigenvalue weighted by atomic mass is 16.7. The molecule has 7 heteroatoms. The Balaban J connectivity index is 5.13. The smallest absolute Gasteiger partial charge is 0.174 e. The lowest BCUT2D eigenvalue weighted by atomic mass is 10.3. The summed E-state index contributed by atoms with van der Waals surface area (Å²) in [5.41, 5.74) is 0.0357. The first-order valence-electron chi connectivity index (χ1n) is 8.54. The third kappa shape index (κ3) is 11.3. The molecule has 0 aromatic heterocycles. The molecule has 0 atom stereocenters. The average Bonchev–Trinajstić information content (AvgIpc) is 2.59. The monoisotopic (exact) mass is 351 g/mol. The summed E-state index contributed by atoms with van der Waals surface area (Å²) in [6.45, 7) is 10.7. The predicted molar refractivity (Wildman–Crippen MR) is 94.1 cm³/mol. The van der Waals surface area contributed by atoms with Gasteiger partial charge in [-0.25, -0.2) is 0 Å². The van der Waals surface area contributed by atoms with E-state index in [2.05, 4.69) is 0 Å². The Kier molecular flexibility index (Phi) is 14.4. The molecule has 0 bridgehead atoms. The molecular formula is C18H29N3O4. The molecule has 25 heavy (non-hydrogen) atoms. The van der Waals surface area contributed by atoms with Crippen molar-refractivity contribution < 1.29 is 18.9 Å². The summed E-state index contributed by atoms with van der Waals surface area (Å²) in [4.78, 5) is 1.93. The number of hydrogen-bond acceptors (Lipinski definition) is 7. The van der Waals surface area contributed by atoms with Crippen LogP contribution in [0.15, 0.2) is 23.9 Å². The van der Waals surface area contributed by atoms with Gasteiger partial charge in [0.1, 0.15) is 17.7 Å². The molecule has 0 amide bonds. The molecule has 0 aromatic rings. The van der Waals surface area contributed by atoms with E-state index in [4.69, 9.17) is 29.5 Å². The molecule has 0 rings (SSSR count). The fraction of sp³-hybridized carbons (Fsp3) is 0.667. The van der Waals surface area contributed by atoms with Crippen molar-refractivity contribution in [1.29, 1.82) is 10.5 Å². The summed E-state index contributed by atoms with van der Waals surface area (Å²) in [5, 5.41) is 17.6. The van der Waals surface area contributed by atoms with Crippen molar-refractivity contribution >= 4 is 0 Å². The quantitative estimate of drug-likeness (QED) is 0.270. The van der Waals surface area contributed by atoms with Gasteiger partial charge in [0.25, 0.3) is 0 Å². The summed E-state index contributed by atoms with van der Waals surface area (Å²) in [6.07, 6.45) is 4.09. The molecule has 0 spiro atoms. The van der Waals surface area contributed by atoms with Gasteiger partial charge in [0.2, 0.25) is 0 Å². The van der Waals surface area contributed by atoms with Gasteiger partial charge in [0.05, 0.1) is 13.1 Å². The van der Waals surface area contributed by atoms with Crippen LogP contribution < -0.4 is 0 Å². The molecule has 0 fully saturated rings.